The first kappa shape index (κ1) is 20.0. The average Bonchev–Trinajstić information content (AvgIpc) is 2.61. The maximum absolute atomic E-state index is 11.0. The highest BCUT2D eigenvalue weighted by atomic mass is 35.5. The molecule has 0 aliphatic carbocycles. The number of rotatable bonds is 8. The van der Waals surface area contributed by atoms with Crippen molar-refractivity contribution in [2.45, 2.75) is 50.2 Å². The predicted octanol–water partition coefficient (Wildman–Crippen LogP) is 4.55. The van der Waals surface area contributed by atoms with Crippen LogP contribution in [0.5, 0.6) is 0 Å². The van der Waals surface area contributed by atoms with Gasteiger partial charge in [0, 0.05) is 13.0 Å². The SMILES string of the molecule is N#CC(CCOC1CCCCO1)(CCC(=O)O)c1ccc(Cl)c(Cl)c1. The number of carbonyl (C=O) groups is 1. The molecular weight excluding hydrogens is 365 g/mol. The number of aliphatic carboxylic acids is 1. The zero-order valence-electron chi connectivity index (χ0n) is 13.8. The van der Waals surface area contributed by atoms with Gasteiger partial charge in [-0.3, -0.25) is 4.79 Å². The zero-order valence-corrected chi connectivity index (χ0v) is 15.4. The molecule has 25 heavy (non-hydrogen) atoms. The van der Waals surface area contributed by atoms with Gasteiger partial charge in [-0.2, -0.15) is 5.26 Å². The first-order valence-corrected chi connectivity index (χ1v) is 9.04. The van der Waals surface area contributed by atoms with E-state index in [9.17, 15) is 10.1 Å². The van der Waals surface area contributed by atoms with Gasteiger partial charge in [-0.25, -0.2) is 0 Å². The maximum Gasteiger partial charge on any atom is 0.303 e. The number of nitriles is 1. The molecule has 0 aromatic heterocycles. The molecule has 1 N–H and O–H groups in total. The topological polar surface area (TPSA) is 79.5 Å². The Kier molecular flexibility index (Phi) is 7.52. The number of ether oxygens (including phenoxy) is 2. The summed E-state index contributed by atoms with van der Waals surface area (Å²) in [4.78, 5) is 11.0. The first-order valence-electron chi connectivity index (χ1n) is 8.28. The van der Waals surface area contributed by atoms with E-state index in [-0.39, 0.29) is 19.1 Å². The van der Waals surface area contributed by atoms with Gasteiger partial charge < -0.3 is 14.6 Å². The van der Waals surface area contributed by atoms with Crippen LogP contribution in [0.4, 0.5) is 0 Å². The van der Waals surface area contributed by atoms with Crippen LogP contribution in [0.15, 0.2) is 18.2 Å². The van der Waals surface area contributed by atoms with Gasteiger partial charge in [0.1, 0.15) is 0 Å². The van der Waals surface area contributed by atoms with Crippen molar-refractivity contribution >= 4 is 29.2 Å². The lowest BCUT2D eigenvalue weighted by atomic mass is 9.75. The Morgan fingerprint density at radius 3 is 2.76 bits per heavy atom. The third-order valence-corrected chi connectivity index (χ3v) is 5.16. The van der Waals surface area contributed by atoms with Crippen molar-refractivity contribution in [3.8, 4) is 6.07 Å². The number of nitrogens with zero attached hydrogens (tertiary/aromatic N) is 1. The van der Waals surface area contributed by atoms with Gasteiger partial charge in [-0.1, -0.05) is 29.3 Å². The predicted molar refractivity (Wildman–Crippen MR) is 94.8 cm³/mol. The second-order valence-corrected chi connectivity index (χ2v) is 6.95. The van der Waals surface area contributed by atoms with Gasteiger partial charge in [-0.15, -0.1) is 0 Å². The lowest BCUT2D eigenvalue weighted by molar-refractivity contribution is -0.164. The van der Waals surface area contributed by atoms with E-state index in [1.807, 2.05) is 0 Å². The monoisotopic (exact) mass is 385 g/mol. The van der Waals surface area contributed by atoms with Crippen LogP contribution in [0.2, 0.25) is 10.0 Å². The molecule has 1 fully saturated rings. The molecule has 7 heteroatoms. The molecule has 1 aliphatic heterocycles. The first-order chi connectivity index (χ1) is 12.0. The van der Waals surface area contributed by atoms with E-state index in [0.29, 0.717) is 35.2 Å². The van der Waals surface area contributed by atoms with Crippen molar-refractivity contribution in [2.24, 2.45) is 0 Å². The van der Waals surface area contributed by atoms with Gasteiger partial charge in [0.25, 0.3) is 0 Å². The molecule has 136 valence electrons. The lowest BCUT2D eigenvalue weighted by Crippen LogP contribution is -2.30. The minimum Gasteiger partial charge on any atom is -0.481 e. The van der Waals surface area contributed by atoms with Crippen molar-refractivity contribution < 1.29 is 19.4 Å². The minimum absolute atomic E-state index is 0.117. The number of carboxylic acid groups (broad SMARTS) is 1. The van der Waals surface area contributed by atoms with Crippen molar-refractivity contribution in [2.75, 3.05) is 13.2 Å². The number of hydrogen-bond donors (Lipinski definition) is 1. The van der Waals surface area contributed by atoms with Gasteiger partial charge in [0.15, 0.2) is 6.29 Å². The summed E-state index contributed by atoms with van der Waals surface area (Å²) in [5.74, 6) is -0.948. The fourth-order valence-corrected chi connectivity index (χ4v) is 3.21. The number of hydrogen-bond acceptors (Lipinski definition) is 4. The molecule has 0 saturated carbocycles. The molecular formula is C18H21Cl2NO4. The van der Waals surface area contributed by atoms with E-state index in [4.69, 9.17) is 37.8 Å². The molecule has 0 radical (unpaired) electrons. The molecule has 0 amide bonds. The van der Waals surface area contributed by atoms with E-state index < -0.39 is 11.4 Å². The van der Waals surface area contributed by atoms with E-state index in [1.165, 1.54) is 0 Å². The summed E-state index contributed by atoms with van der Waals surface area (Å²) in [6.45, 7) is 0.984. The molecule has 1 aromatic rings. The number of carboxylic acids is 1. The highest BCUT2D eigenvalue weighted by Crippen LogP contribution is 2.36. The molecule has 1 aliphatic rings. The molecule has 1 saturated heterocycles. The van der Waals surface area contributed by atoms with Crippen LogP contribution in [0.1, 0.15) is 44.1 Å². The molecule has 5 nitrogen and oxygen atoms in total. The largest absolute Gasteiger partial charge is 0.481 e. The molecule has 2 unspecified atom stereocenters. The van der Waals surface area contributed by atoms with E-state index in [1.54, 1.807) is 18.2 Å². The molecule has 2 atom stereocenters. The van der Waals surface area contributed by atoms with E-state index >= 15 is 0 Å². The third kappa shape index (κ3) is 5.58. The van der Waals surface area contributed by atoms with Crippen molar-refractivity contribution in [3.05, 3.63) is 33.8 Å². The standard InChI is InChI=1S/C18H21Cl2NO4/c19-14-5-4-13(11-15(14)20)18(12-21,7-6-16(22)23)8-10-25-17-3-1-2-9-24-17/h4-5,11,17H,1-3,6-10H2,(H,22,23). The molecule has 1 aromatic carbocycles. The van der Waals surface area contributed by atoms with Gasteiger partial charge in [0.2, 0.25) is 0 Å². The average molecular weight is 386 g/mol. The highest BCUT2D eigenvalue weighted by molar-refractivity contribution is 6.42. The quantitative estimate of drug-likeness (QED) is 0.709. The van der Waals surface area contributed by atoms with Gasteiger partial charge in [-0.05, 0) is 49.8 Å². The lowest BCUT2D eigenvalue weighted by Gasteiger charge is -2.29. The summed E-state index contributed by atoms with van der Waals surface area (Å²) in [7, 11) is 0. The fourth-order valence-electron chi connectivity index (χ4n) is 2.91. The van der Waals surface area contributed by atoms with Crippen LogP contribution in [0.25, 0.3) is 0 Å². The normalized spacial score (nSPS) is 19.8. The Morgan fingerprint density at radius 1 is 1.36 bits per heavy atom. The molecule has 0 spiro atoms. The summed E-state index contributed by atoms with van der Waals surface area (Å²) in [6.07, 6.45) is 3.08. The summed E-state index contributed by atoms with van der Waals surface area (Å²) in [5.41, 5.74) is -0.347. The van der Waals surface area contributed by atoms with Crippen LogP contribution < -0.4 is 0 Å². The Labute approximate surface area is 157 Å². The van der Waals surface area contributed by atoms with Crippen molar-refractivity contribution in [1.29, 1.82) is 5.26 Å². The van der Waals surface area contributed by atoms with E-state index in [0.717, 1.165) is 19.3 Å². The second kappa shape index (κ2) is 9.40. The fraction of sp³-hybridized carbons (Fsp3) is 0.556. The van der Waals surface area contributed by atoms with Crippen molar-refractivity contribution in [3.63, 3.8) is 0 Å². The van der Waals surface area contributed by atoms with Crippen LogP contribution in [0, 0.1) is 11.3 Å². The van der Waals surface area contributed by atoms with Crippen LogP contribution in [-0.4, -0.2) is 30.6 Å². The zero-order chi connectivity index (χ0) is 18.3. The van der Waals surface area contributed by atoms with Crippen molar-refractivity contribution in [1.82, 2.24) is 0 Å². The Balaban J connectivity index is 2.13. The smallest absolute Gasteiger partial charge is 0.303 e. The number of halogens is 2. The summed E-state index contributed by atoms with van der Waals surface area (Å²) < 4.78 is 11.3. The Hall–Kier alpha value is -1.32. The van der Waals surface area contributed by atoms with Gasteiger partial charge in [0.05, 0.1) is 28.1 Å². The van der Waals surface area contributed by atoms with Gasteiger partial charge >= 0.3 is 5.97 Å². The molecule has 1 heterocycles. The Bertz CT molecular complexity index is 640. The van der Waals surface area contributed by atoms with Crippen LogP contribution in [-0.2, 0) is 19.7 Å². The molecule has 2 rings (SSSR count). The van der Waals surface area contributed by atoms with Crippen LogP contribution in [0.3, 0.4) is 0 Å². The highest BCUT2D eigenvalue weighted by Gasteiger charge is 2.33. The minimum atomic E-state index is -0.999. The van der Waals surface area contributed by atoms with Crippen LogP contribution >= 0.6 is 23.2 Å². The summed E-state index contributed by atoms with van der Waals surface area (Å²) in [6, 6.07) is 7.26. The van der Waals surface area contributed by atoms with E-state index in [2.05, 4.69) is 6.07 Å². The maximum atomic E-state index is 11.0. The molecule has 0 bridgehead atoms. The summed E-state index contributed by atoms with van der Waals surface area (Å²) in [5, 5.41) is 19.6. The second-order valence-electron chi connectivity index (χ2n) is 6.13. The number of benzene rings is 1. The Morgan fingerprint density at radius 2 is 2.16 bits per heavy atom. The third-order valence-electron chi connectivity index (χ3n) is 4.42. The summed E-state index contributed by atoms with van der Waals surface area (Å²) >= 11 is 12.0.